The summed E-state index contributed by atoms with van der Waals surface area (Å²) >= 11 is 1.98. The lowest BCUT2D eigenvalue weighted by atomic mass is 10.1. The third-order valence-electron chi connectivity index (χ3n) is 3.53. The van der Waals surface area contributed by atoms with Gasteiger partial charge in [-0.15, -0.1) is 0 Å². The number of rotatable bonds is 1. The minimum Gasteiger partial charge on any atom is -0.337 e. The molecule has 0 aliphatic carbocycles. The predicted octanol–water partition coefficient (Wildman–Crippen LogP) is 1.09. The largest absolute Gasteiger partial charge is 0.337 e. The molecule has 0 aromatic heterocycles. The van der Waals surface area contributed by atoms with E-state index in [0.29, 0.717) is 17.2 Å². The maximum Gasteiger partial charge on any atom is 0.240 e. The van der Waals surface area contributed by atoms with Crippen LogP contribution in [-0.2, 0) is 4.79 Å². The van der Waals surface area contributed by atoms with Crippen LogP contribution >= 0.6 is 11.8 Å². The van der Waals surface area contributed by atoms with Crippen LogP contribution in [0.4, 0.5) is 0 Å². The van der Waals surface area contributed by atoms with Gasteiger partial charge in [0.25, 0.3) is 0 Å². The SMILES string of the molecule is CC1SCCN(C(=O)[C@@H]2CCCN2)C1C. The monoisotopic (exact) mass is 228 g/mol. The Kier molecular flexibility index (Phi) is 3.57. The molecule has 3 atom stereocenters. The van der Waals surface area contributed by atoms with E-state index >= 15 is 0 Å². The molecule has 0 aromatic rings. The molecule has 0 radical (unpaired) electrons. The number of hydrogen-bond donors (Lipinski definition) is 1. The molecule has 2 fully saturated rings. The quantitative estimate of drug-likeness (QED) is 0.729. The van der Waals surface area contributed by atoms with Gasteiger partial charge >= 0.3 is 0 Å². The summed E-state index contributed by atoms with van der Waals surface area (Å²) in [6, 6.07) is 0.487. The van der Waals surface area contributed by atoms with Gasteiger partial charge in [-0.05, 0) is 26.3 Å². The molecule has 0 spiro atoms. The molecule has 2 heterocycles. The maximum atomic E-state index is 12.2. The van der Waals surface area contributed by atoms with E-state index in [1.54, 1.807) is 0 Å². The molecule has 2 rings (SSSR count). The highest BCUT2D eigenvalue weighted by atomic mass is 32.2. The summed E-state index contributed by atoms with van der Waals surface area (Å²) in [5.41, 5.74) is 0. The minimum atomic E-state index is 0.0998. The average Bonchev–Trinajstić information content (AvgIpc) is 2.74. The van der Waals surface area contributed by atoms with E-state index in [9.17, 15) is 4.79 Å². The van der Waals surface area contributed by atoms with Crippen molar-refractivity contribution in [2.75, 3.05) is 18.8 Å². The van der Waals surface area contributed by atoms with Crippen molar-refractivity contribution in [1.29, 1.82) is 0 Å². The van der Waals surface area contributed by atoms with Gasteiger partial charge < -0.3 is 10.2 Å². The Hall–Kier alpha value is -0.220. The Morgan fingerprint density at radius 2 is 2.27 bits per heavy atom. The van der Waals surface area contributed by atoms with E-state index in [4.69, 9.17) is 0 Å². The molecular formula is C11H20N2OS. The topological polar surface area (TPSA) is 32.3 Å². The van der Waals surface area contributed by atoms with Crippen molar-refractivity contribution in [3.63, 3.8) is 0 Å². The van der Waals surface area contributed by atoms with Crippen LogP contribution in [0.25, 0.3) is 0 Å². The highest BCUT2D eigenvalue weighted by molar-refractivity contribution is 8.00. The highest BCUT2D eigenvalue weighted by Gasteiger charge is 2.33. The summed E-state index contributed by atoms with van der Waals surface area (Å²) in [4.78, 5) is 14.3. The van der Waals surface area contributed by atoms with Gasteiger partial charge in [0, 0.05) is 23.6 Å². The first-order chi connectivity index (χ1) is 7.20. The van der Waals surface area contributed by atoms with Gasteiger partial charge in [0.1, 0.15) is 0 Å². The number of nitrogens with one attached hydrogen (secondary N) is 1. The van der Waals surface area contributed by atoms with Crippen molar-refractivity contribution in [2.45, 2.75) is 44.0 Å². The van der Waals surface area contributed by atoms with E-state index in [1.165, 1.54) is 0 Å². The van der Waals surface area contributed by atoms with Gasteiger partial charge in [-0.1, -0.05) is 6.92 Å². The lowest BCUT2D eigenvalue weighted by Gasteiger charge is -2.38. The maximum absolute atomic E-state index is 12.2. The number of amides is 1. The molecule has 2 aliphatic rings. The fraction of sp³-hybridized carbons (Fsp3) is 0.909. The zero-order valence-electron chi connectivity index (χ0n) is 9.53. The van der Waals surface area contributed by atoms with Crippen LogP contribution in [0.3, 0.4) is 0 Å². The van der Waals surface area contributed by atoms with Crippen molar-refractivity contribution in [2.24, 2.45) is 0 Å². The van der Waals surface area contributed by atoms with Gasteiger partial charge in [-0.3, -0.25) is 4.79 Å². The van der Waals surface area contributed by atoms with E-state index in [1.807, 2.05) is 11.8 Å². The third kappa shape index (κ3) is 2.31. The number of carbonyl (C=O) groups is 1. The van der Waals surface area contributed by atoms with Crippen molar-refractivity contribution in [3.8, 4) is 0 Å². The summed E-state index contributed by atoms with van der Waals surface area (Å²) in [6.45, 7) is 6.32. The molecule has 1 N–H and O–H groups in total. The summed E-state index contributed by atoms with van der Waals surface area (Å²) < 4.78 is 0. The Morgan fingerprint density at radius 3 is 2.93 bits per heavy atom. The average molecular weight is 228 g/mol. The Morgan fingerprint density at radius 1 is 1.47 bits per heavy atom. The molecule has 2 saturated heterocycles. The van der Waals surface area contributed by atoms with Crippen molar-refractivity contribution < 1.29 is 4.79 Å². The molecule has 2 unspecified atom stereocenters. The normalized spacial score (nSPS) is 36.9. The number of hydrogen-bond acceptors (Lipinski definition) is 3. The number of carbonyl (C=O) groups excluding carboxylic acids is 1. The van der Waals surface area contributed by atoms with Crippen LogP contribution in [0.1, 0.15) is 26.7 Å². The van der Waals surface area contributed by atoms with Gasteiger partial charge in [0.05, 0.1) is 6.04 Å². The summed E-state index contributed by atoms with van der Waals surface area (Å²) in [5.74, 6) is 1.41. The molecule has 3 nitrogen and oxygen atoms in total. The van der Waals surface area contributed by atoms with E-state index < -0.39 is 0 Å². The molecular weight excluding hydrogens is 208 g/mol. The third-order valence-corrected chi connectivity index (χ3v) is 4.86. The first kappa shape index (κ1) is 11.3. The van der Waals surface area contributed by atoms with Gasteiger partial charge in [0.2, 0.25) is 5.91 Å². The van der Waals surface area contributed by atoms with E-state index in [2.05, 4.69) is 24.1 Å². The second-order valence-electron chi connectivity index (χ2n) is 4.50. The molecule has 86 valence electrons. The second-order valence-corrected chi connectivity index (χ2v) is 5.98. The molecule has 0 bridgehead atoms. The first-order valence-electron chi connectivity index (χ1n) is 5.85. The standard InChI is InChI=1S/C11H20N2OS/c1-8-9(2)15-7-6-13(8)11(14)10-4-3-5-12-10/h8-10,12H,3-7H2,1-2H3/t8?,9?,10-/m0/s1. The summed E-state index contributed by atoms with van der Waals surface area (Å²) in [5, 5.41) is 3.86. The first-order valence-corrected chi connectivity index (χ1v) is 6.90. The molecule has 15 heavy (non-hydrogen) atoms. The van der Waals surface area contributed by atoms with Gasteiger partial charge in [0.15, 0.2) is 0 Å². The van der Waals surface area contributed by atoms with Gasteiger partial charge in [-0.2, -0.15) is 11.8 Å². The van der Waals surface area contributed by atoms with Gasteiger partial charge in [-0.25, -0.2) is 0 Å². The molecule has 2 aliphatic heterocycles. The highest BCUT2D eigenvalue weighted by Crippen LogP contribution is 2.25. The number of thioether (sulfide) groups is 1. The zero-order valence-corrected chi connectivity index (χ0v) is 10.3. The molecule has 0 saturated carbocycles. The van der Waals surface area contributed by atoms with Crippen molar-refractivity contribution in [3.05, 3.63) is 0 Å². The number of nitrogens with zero attached hydrogens (tertiary/aromatic N) is 1. The summed E-state index contributed by atoms with van der Waals surface area (Å²) in [6.07, 6.45) is 2.16. The van der Waals surface area contributed by atoms with E-state index in [-0.39, 0.29) is 6.04 Å². The van der Waals surface area contributed by atoms with E-state index in [0.717, 1.165) is 31.7 Å². The summed E-state index contributed by atoms with van der Waals surface area (Å²) in [7, 11) is 0. The molecule has 0 aromatic carbocycles. The smallest absolute Gasteiger partial charge is 0.240 e. The second kappa shape index (κ2) is 4.74. The fourth-order valence-electron chi connectivity index (χ4n) is 2.34. The minimum absolute atomic E-state index is 0.0998. The molecule has 1 amide bonds. The van der Waals surface area contributed by atoms with Crippen molar-refractivity contribution >= 4 is 17.7 Å². The lowest BCUT2D eigenvalue weighted by molar-refractivity contribution is -0.135. The molecule has 4 heteroatoms. The Balaban J connectivity index is 1.98. The predicted molar refractivity (Wildman–Crippen MR) is 64.1 cm³/mol. The van der Waals surface area contributed by atoms with Crippen molar-refractivity contribution in [1.82, 2.24) is 10.2 Å². The zero-order chi connectivity index (χ0) is 10.8. The van der Waals surface area contributed by atoms with Crippen LogP contribution in [0, 0.1) is 0 Å². The van der Waals surface area contributed by atoms with Crippen LogP contribution < -0.4 is 5.32 Å². The van der Waals surface area contributed by atoms with Crippen LogP contribution in [0.15, 0.2) is 0 Å². The lowest BCUT2D eigenvalue weighted by Crippen LogP contribution is -2.53. The Bertz CT molecular complexity index is 241. The van der Waals surface area contributed by atoms with Crippen LogP contribution in [0.2, 0.25) is 0 Å². The fourth-order valence-corrected chi connectivity index (χ4v) is 3.44. The Labute approximate surface area is 96.0 Å². The van der Waals surface area contributed by atoms with Crippen LogP contribution in [0.5, 0.6) is 0 Å². The van der Waals surface area contributed by atoms with Crippen LogP contribution in [-0.4, -0.2) is 47.0 Å².